The maximum Gasteiger partial charge on any atom is 0.252 e. The fraction of sp³-hybridized carbons (Fsp3) is 0.571. The van der Waals surface area contributed by atoms with Gasteiger partial charge in [-0.05, 0) is 58.3 Å². The molecule has 0 aromatic carbocycles. The van der Waals surface area contributed by atoms with Gasteiger partial charge in [-0.2, -0.15) is 0 Å². The van der Waals surface area contributed by atoms with Gasteiger partial charge in [-0.15, -0.1) is 0 Å². The molecule has 0 radical (unpaired) electrons. The maximum atomic E-state index is 11.6. The van der Waals surface area contributed by atoms with Crippen molar-refractivity contribution < 1.29 is 4.79 Å². The lowest BCUT2D eigenvalue weighted by atomic mass is 9.90. The Labute approximate surface area is 114 Å². The molecular weight excluding hydrogens is 240 g/mol. The van der Waals surface area contributed by atoms with Crippen LogP contribution in [0, 0.1) is 13.8 Å². The topological polar surface area (TPSA) is 80.0 Å². The monoisotopic (exact) mass is 262 g/mol. The summed E-state index contributed by atoms with van der Waals surface area (Å²) in [5.41, 5.74) is 7.71. The third-order valence-electron chi connectivity index (χ3n) is 3.72. The quantitative estimate of drug-likeness (QED) is 0.768. The number of rotatable bonds is 3. The first-order chi connectivity index (χ1) is 8.91. The number of piperidine rings is 1. The van der Waals surface area contributed by atoms with E-state index in [0.717, 1.165) is 37.2 Å². The molecule has 0 spiro atoms. The van der Waals surface area contributed by atoms with E-state index in [-0.39, 0.29) is 5.54 Å². The van der Waals surface area contributed by atoms with Crippen molar-refractivity contribution in [2.45, 2.75) is 39.2 Å². The highest BCUT2D eigenvalue weighted by Gasteiger charge is 2.28. The van der Waals surface area contributed by atoms with E-state index in [1.807, 2.05) is 19.9 Å². The molecule has 1 fully saturated rings. The molecule has 1 aliphatic rings. The minimum Gasteiger partial charge on any atom is -0.365 e. The Morgan fingerprint density at radius 2 is 2.05 bits per heavy atom. The van der Waals surface area contributed by atoms with Crippen LogP contribution >= 0.6 is 0 Å². The van der Waals surface area contributed by atoms with Crippen LogP contribution in [0.25, 0.3) is 0 Å². The van der Waals surface area contributed by atoms with Gasteiger partial charge in [0.1, 0.15) is 5.82 Å². The minimum atomic E-state index is -0.426. The molecule has 2 rings (SSSR count). The van der Waals surface area contributed by atoms with Crippen molar-refractivity contribution in [2.24, 2.45) is 5.73 Å². The van der Waals surface area contributed by atoms with Crippen LogP contribution in [-0.4, -0.2) is 29.5 Å². The van der Waals surface area contributed by atoms with E-state index in [2.05, 4.69) is 22.5 Å². The first-order valence-corrected chi connectivity index (χ1v) is 6.68. The van der Waals surface area contributed by atoms with Crippen LogP contribution in [0.5, 0.6) is 0 Å². The summed E-state index contributed by atoms with van der Waals surface area (Å²) in [6.45, 7) is 7.93. The van der Waals surface area contributed by atoms with Crippen LogP contribution in [0.1, 0.15) is 41.4 Å². The minimum absolute atomic E-state index is 0.0390. The molecule has 2 heterocycles. The summed E-state index contributed by atoms with van der Waals surface area (Å²) in [6.07, 6.45) is 2.00. The van der Waals surface area contributed by atoms with Gasteiger partial charge in [0.2, 0.25) is 0 Å². The van der Waals surface area contributed by atoms with Crippen molar-refractivity contribution in [3.8, 4) is 0 Å². The molecule has 0 bridgehead atoms. The van der Waals surface area contributed by atoms with E-state index in [1.165, 1.54) is 0 Å². The van der Waals surface area contributed by atoms with Gasteiger partial charge in [0.05, 0.1) is 5.56 Å². The molecule has 0 aliphatic carbocycles. The number of nitrogens with zero attached hydrogens (tertiary/aromatic N) is 1. The Balaban J connectivity index is 2.35. The van der Waals surface area contributed by atoms with Crippen molar-refractivity contribution >= 4 is 11.7 Å². The van der Waals surface area contributed by atoms with E-state index in [9.17, 15) is 4.79 Å². The van der Waals surface area contributed by atoms with Crippen LogP contribution < -0.4 is 16.4 Å². The Bertz CT molecular complexity index is 492. The molecule has 0 unspecified atom stereocenters. The number of amides is 1. The second-order valence-electron chi connectivity index (χ2n) is 5.60. The lowest BCUT2D eigenvalue weighted by Gasteiger charge is -2.36. The first-order valence-electron chi connectivity index (χ1n) is 6.68. The molecule has 5 heteroatoms. The number of carbonyl (C=O) groups is 1. The average molecular weight is 262 g/mol. The summed E-state index contributed by atoms with van der Waals surface area (Å²) < 4.78 is 0. The van der Waals surface area contributed by atoms with Gasteiger partial charge < -0.3 is 16.4 Å². The Morgan fingerprint density at radius 3 is 2.63 bits per heavy atom. The van der Waals surface area contributed by atoms with Gasteiger partial charge in [0.15, 0.2) is 0 Å². The number of primary amides is 1. The van der Waals surface area contributed by atoms with Crippen molar-refractivity contribution in [1.29, 1.82) is 0 Å². The summed E-state index contributed by atoms with van der Waals surface area (Å²) >= 11 is 0. The number of nitrogens with one attached hydrogen (secondary N) is 2. The van der Waals surface area contributed by atoms with Gasteiger partial charge in [-0.3, -0.25) is 4.79 Å². The standard InChI is InChI=1S/C14H22N4O/c1-9-8-10(2)17-13(11(9)12(15)19)18-14(3)4-6-16-7-5-14/h8,16H,4-7H2,1-3H3,(H2,15,19)(H,17,18). The number of pyridine rings is 1. The molecule has 1 aromatic heterocycles. The largest absolute Gasteiger partial charge is 0.365 e. The van der Waals surface area contributed by atoms with E-state index in [4.69, 9.17) is 5.73 Å². The van der Waals surface area contributed by atoms with Crippen LogP contribution in [0.3, 0.4) is 0 Å². The number of anilines is 1. The third-order valence-corrected chi connectivity index (χ3v) is 3.72. The Morgan fingerprint density at radius 1 is 1.42 bits per heavy atom. The molecule has 1 aliphatic heterocycles. The van der Waals surface area contributed by atoms with E-state index >= 15 is 0 Å². The van der Waals surface area contributed by atoms with Gasteiger partial charge in [-0.25, -0.2) is 4.98 Å². The van der Waals surface area contributed by atoms with Gasteiger partial charge in [0.25, 0.3) is 5.91 Å². The summed E-state index contributed by atoms with van der Waals surface area (Å²) in [6, 6.07) is 1.88. The van der Waals surface area contributed by atoms with Crippen LogP contribution in [0.2, 0.25) is 0 Å². The highest BCUT2D eigenvalue weighted by Crippen LogP contribution is 2.26. The summed E-state index contributed by atoms with van der Waals surface area (Å²) in [5, 5.41) is 6.77. The van der Waals surface area contributed by atoms with Crippen molar-refractivity contribution in [3.05, 3.63) is 22.9 Å². The highest BCUT2D eigenvalue weighted by atomic mass is 16.1. The Kier molecular flexibility index (Phi) is 3.75. The second-order valence-corrected chi connectivity index (χ2v) is 5.60. The van der Waals surface area contributed by atoms with Gasteiger partial charge in [-0.1, -0.05) is 0 Å². The van der Waals surface area contributed by atoms with Gasteiger partial charge in [0, 0.05) is 11.2 Å². The number of aryl methyl sites for hydroxylation is 2. The third kappa shape index (κ3) is 3.04. The molecule has 1 aromatic rings. The molecular formula is C14H22N4O. The normalized spacial score (nSPS) is 18.1. The average Bonchev–Trinajstić information content (AvgIpc) is 2.27. The molecule has 0 saturated carbocycles. The SMILES string of the molecule is Cc1cc(C)c(C(N)=O)c(NC2(C)CCNCC2)n1. The molecule has 5 nitrogen and oxygen atoms in total. The first kappa shape index (κ1) is 13.8. The lowest BCUT2D eigenvalue weighted by molar-refractivity contribution is 0.1000. The molecule has 19 heavy (non-hydrogen) atoms. The van der Waals surface area contributed by atoms with Gasteiger partial charge >= 0.3 is 0 Å². The van der Waals surface area contributed by atoms with E-state index in [1.54, 1.807) is 0 Å². The summed E-state index contributed by atoms with van der Waals surface area (Å²) in [4.78, 5) is 16.1. The number of nitrogens with two attached hydrogens (primary N) is 1. The number of hydrogen-bond donors (Lipinski definition) is 3. The fourth-order valence-corrected chi connectivity index (χ4v) is 2.63. The summed E-state index contributed by atoms with van der Waals surface area (Å²) in [5.74, 6) is 0.194. The van der Waals surface area contributed by atoms with Crippen molar-refractivity contribution in [3.63, 3.8) is 0 Å². The zero-order valence-electron chi connectivity index (χ0n) is 11.8. The molecule has 4 N–H and O–H groups in total. The highest BCUT2D eigenvalue weighted by molar-refractivity contribution is 5.99. The number of carbonyl (C=O) groups excluding carboxylic acids is 1. The summed E-state index contributed by atoms with van der Waals surface area (Å²) in [7, 11) is 0. The fourth-order valence-electron chi connectivity index (χ4n) is 2.63. The van der Waals surface area contributed by atoms with Crippen LogP contribution in [-0.2, 0) is 0 Å². The molecule has 1 amide bonds. The number of aromatic nitrogens is 1. The molecule has 1 saturated heterocycles. The van der Waals surface area contributed by atoms with Crippen molar-refractivity contribution in [2.75, 3.05) is 18.4 Å². The van der Waals surface area contributed by atoms with Crippen LogP contribution in [0.15, 0.2) is 6.07 Å². The Hall–Kier alpha value is -1.62. The van der Waals surface area contributed by atoms with Crippen LogP contribution in [0.4, 0.5) is 5.82 Å². The molecule has 104 valence electrons. The predicted molar refractivity (Wildman–Crippen MR) is 76.4 cm³/mol. The lowest BCUT2D eigenvalue weighted by Crippen LogP contribution is -2.45. The van der Waals surface area contributed by atoms with E-state index in [0.29, 0.717) is 11.4 Å². The number of hydrogen-bond acceptors (Lipinski definition) is 4. The smallest absolute Gasteiger partial charge is 0.252 e. The zero-order valence-corrected chi connectivity index (χ0v) is 11.8. The molecule has 0 atom stereocenters. The predicted octanol–water partition coefficient (Wildman–Crippen LogP) is 1.35. The second kappa shape index (κ2) is 5.17. The van der Waals surface area contributed by atoms with Crippen molar-refractivity contribution in [1.82, 2.24) is 10.3 Å². The zero-order chi connectivity index (χ0) is 14.0. The maximum absolute atomic E-state index is 11.6. The van der Waals surface area contributed by atoms with E-state index < -0.39 is 5.91 Å².